The Morgan fingerprint density at radius 2 is 2.19 bits per heavy atom. The molecule has 0 aromatic heterocycles. The third-order valence-electron chi connectivity index (χ3n) is 2.21. The predicted molar refractivity (Wildman–Crippen MR) is 60.7 cm³/mol. The van der Waals surface area contributed by atoms with E-state index >= 15 is 0 Å². The van der Waals surface area contributed by atoms with Gasteiger partial charge < -0.3 is 4.90 Å². The van der Waals surface area contributed by atoms with Crippen LogP contribution in [-0.4, -0.2) is 29.3 Å². The largest absolute Gasteiger partial charge is 0.342 e. The number of amides is 1. The van der Waals surface area contributed by atoms with Gasteiger partial charge in [0.05, 0.1) is 4.92 Å². The quantitative estimate of drug-likeness (QED) is 0.604. The van der Waals surface area contributed by atoms with E-state index in [0.29, 0.717) is 11.6 Å². The van der Waals surface area contributed by atoms with Crippen molar-refractivity contribution in [1.29, 1.82) is 0 Å². The average Bonchev–Trinajstić information content (AvgIpc) is 2.26. The zero-order valence-electron chi connectivity index (χ0n) is 8.94. The smallest absolute Gasteiger partial charge is 0.282 e. The summed E-state index contributed by atoms with van der Waals surface area (Å²) in [6, 6.07) is 3.94. The van der Waals surface area contributed by atoms with Crippen LogP contribution in [0, 0.1) is 10.1 Å². The first-order valence-corrected chi connectivity index (χ1v) is 5.04. The van der Waals surface area contributed by atoms with Crippen molar-refractivity contribution in [3.8, 4) is 0 Å². The molecule has 0 heterocycles. The summed E-state index contributed by atoms with van der Waals surface area (Å²) in [5.41, 5.74) is -0.212. The minimum atomic E-state index is -0.590. The summed E-state index contributed by atoms with van der Waals surface area (Å²) in [5.74, 6) is -0.406. The minimum absolute atomic E-state index is 0.0156. The van der Waals surface area contributed by atoms with Crippen molar-refractivity contribution in [1.82, 2.24) is 4.90 Å². The van der Waals surface area contributed by atoms with Gasteiger partial charge in [0, 0.05) is 24.7 Å². The summed E-state index contributed by atoms with van der Waals surface area (Å²) in [7, 11) is 1.58. The SMILES string of the molecule is CCN(C)C(=O)c1cc(Cl)ccc1[N+](=O)[O-]. The third-order valence-corrected chi connectivity index (χ3v) is 2.44. The molecule has 0 bridgehead atoms. The lowest BCUT2D eigenvalue weighted by atomic mass is 10.1. The second kappa shape index (κ2) is 4.94. The molecule has 0 fully saturated rings. The fourth-order valence-corrected chi connectivity index (χ4v) is 1.36. The van der Waals surface area contributed by atoms with E-state index in [9.17, 15) is 14.9 Å². The van der Waals surface area contributed by atoms with Crippen molar-refractivity contribution in [2.24, 2.45) is 0 Å². The van der Waals surface area contributed by atoms with Crippen LogP contribution < -0.4 is 0 Å². The molecule has 5 nitrogen and oxygen atoms in total. The Bertz CT molecular complexity index is 434. The molecule has 6 heteroatoms. The Labute approximate surface area is 97.8 Å². The molecule has 16 heavy (non-hydrogen) atoms. The molecule has 0 spiro atoms. The van der Waals surface area contributed by atoms with Gasteiger partial charge in [0.1, 0.15) is 5.56 Å². The summed E-state index contributed by atoms with van der Waals surface area (Å²) in [6.45, 7) is 2.26. The second-order valence-corrected chi connectivity index (χ2v) is 3.67. The lowest BCUT2D eigenvalue weighted by molar-refractivity contribution is -0.385. The zero-order chi connectivity index (χ0) is 12.3. The minimum Gasteiger partial charge on any atom is -0.342 e. The fourth-order valence-electron chi connectivity index (χ4n) is 1.19. The molecule has 1 aromatic carbocycles. The van der Waals surface area contributed by atoms with Crippen molar-refractivity contribution in [2.75, 3.05) is 13.6 Å². The van der Waals surface area contributed by atoms with Crippen LogP contribution in [-0.2, 0) is 0 Å². The number of hydrogen-bond donors (Lipinski definition) is 0. The molecule has 0 aliphatic rings. The van der Waals surface area contributed by atoms with Crippen LogP contribution in [0.25, 0.3) is 0 Å². The number of benzene rings is 1. The van der Waals surface area contributed by atoms with E-state index in [-0.39, 0.29) is 11.3 Å². The molecule has 1 aromatic rings. The standard InChI is InChI=1S/C10H11ClN2O3/c1-3-12(2)10(14)8-6-7(11)4-5-9(8)13(15)16/h4-6H,3H2,1-2H3. The summed E-state index contributed by atoms with van der Waals surface area (Å²) < 4.78 is 0. The van der Waals surface area contributed by atoms with Crippen molar-refractivity contribution < 1.29 is 9.72 Å². The van der Waals surface area contributed by atoms with E-state index in [1.807, 2.05) is 0 Å². The van der Waals surface area contributed by atoms with Crippen LogP contribution in [0.1, 0.15) is 17.3 Å². The van der Waals surface area contributed by atoms with Gasteiger partial charge in [0.15, 0.2) is 0 Å². The molecule has 0 aliphatic carbocycles. The first-order valence-electron chi connectivity index (χ1n) is 4.66. The van der Waals surface area contributed by atoms with E-state index in [1.54, 1.807) is 14.0 Å². The van der Waals surface area contributed by atoms with E-state index in [0.717, 1.165) is 0 Å². The lowest BCUT2D eigenvalue weighted by Crippen LogP contribution is -2.26. The fraction of sp³-hybridized carbons (Fsp3) is 0.300. The maximum absolute atomic E-state index is 11.8. The van der Waals surface area contributed by atoms with Gasteiger partial charge in [0.25, 0.3) is 11.6 Å². The molecule has 0 atom stereocenters. The number of halogens is 1. The maximum Gasteiger partial charge on any atom is 0.282 e. The van der Waals surface area contributed by atoms with E-state index in [4.69, 9.17) is 11.6 Å². The third kappa shape index (κ3) is 2.49. The Morgan fingerprint density at radius 1 is 1.56 bits per heavy atom. The molecule has 0 saturated heterocycles. The van der Waals surface area contributed by atoms with E-state index in [2.05, 4.69) is 0 Å². The summed E-state index contributed by atoms with van der Waals surface area (Å²) in [6.07, 6.45) is 0. The monoisotopic (exact) mass is 242 g/mol. The van der Waals surface area contributed by atoms with E-state index in [1.165, 1.54) is 23.1 Å². The van der Waals surface area contributed by atoms with Crippen molar-refractivity contribution in [3.05, 3.63) is 38.9 Å². The van der Waals surface area contributed by atoms with E-state index < -0.39 is 10.8 Å². The lowest BCUT2D eigenvalue weighted by Gasteiger charge is -2.14. The number of rotatable bonds is 3. The Balaban J connectivity index is 3.24. The average molecular weight is 243 g/mol. The van der Waals surface area contributed by atoms with Gasteiger partial charge in [-0.2, -0.15) is 0 Å². The van der Waals surface area contributed by atoms with Crippen LogP contribution in [0.3, 0.4) is 0 Å². The predicted octanol–water partition coefficient (Wildman–Crippen LogP) is 2.34. The molecular weight excluding hydrogens is 232 g/mol. The van der Waals surface area contributed by atoms with Gasteiger partial charge in [-0.25, -0.2) is 0 Å². The van der Waals surface area contributed by atoms with Gasteiger partial charge in [-0.05, 0) is 19.1 Å². The molecule has 0 radical (unpaired) electrons. The molecule has 1 rings (SSSR count). The number of nitro groups is 1. The number of carbonyl (C=O) groups is 1. The van der Waals surface area contributed by atoms with Crippen LogP contribution in [0.5, 0.6) is 0 Å². The number of nitro benzene ring substituents is 1. The summed E-state index contributed by atoms with van der Waals surface area (Å²) in [5, 5.41) is 11.0. The highest BCUT2D eigenvalue weighted by atomic mass is 35.5. The van der Waals surface area contributed by atoms with Crippen LogP contribution >= 0.6 is 11.6 Å². The molecule has 0 unspecified atom stereocenters. The number of carbonyl (C=O) groups excluding carboxylic acids is 1. The topological polar surface area (TPSA) is 63.5 Å². The maximum atomic E-state index is 11.8. The molecule has 0 saturated carbocycles. The highest BCUT2D eigenvalue weighted by Crippen LogP contribution is 2.23. The van der Waals surface area contributed by atoms with Crippen LogP contribution in [0.15, 0.2) is 18.2 Å². The van der Waals surface area contributed by atoms with Gasteiger partial charge >= 0.3 is 0 Å². The highest BCUT2D eigenvalue weighted by molar-refractivity contribution is 6.31. The first kappa shape index (κ1) is 12.4. The van der Waals surface area contributed by atoms with Crippen molar-refractivity contribution in [3.63, 3.8) is 0 Å². The van der Waals surface area contributed by atoms with Gasteiger partial charge in [-0.3, -0.25) is 14.9 Å². The molecule has 86 valence electrons. The van der Waals surface area contributed by atoms with Crippen molar-refractivity contribution >= 4 is 23.2 Å². The number of nitrogens with zero attached hydrogens (tertiary/aromatic N) is 2. The molecular formula is C10H11ClN2O3. The van der Waals surface area contributed by atoms with Crippen LogP contribution in [0.4, 0.5) is 5.69 Å². The highest BCUT2D eigenvalue weighted by Gasteiger charge is 2.22. The summed E-state index contributed by atoms with van der Waals surface area (Å²) in [4.78, 5) is 23.4. The second-order valence-electron chi connectivity index (χ2n) is 3.24. The molecule has 0 N–H and O–H groups in total. The van der Waals surface area contributed by atoms with Crippen molar-refractivity contribution in [2.45, 2.75) is 6.92 Å². The van der Waals surface area contributed by atoms with Crippen LogP contribution in [0.2, 0.25) is 5.02 Å². The normalized spacial score (nSPS) is 9.94. The van der Waals surface area contributed by atoms with Gasteiger partial charge in [-0.1, -0.05) is 11.6 Å². The number of hydrogen-bond acceptors (Lipinski definition) is 3. The molecule has 1 amide bonds. The summed E-state index contributed by atoms with van der Waals surface area (Å²) >= 11 is 5.72. The Hall–Kier alpha value is -1.62. The molecule has 0 aliphatic heterocycles. The van der Waals surface area contributed by atoms with Gasteiger partial charge in [0.2, 0.25) is 0 Å². The Kier molecular flexibility index (Phi) is 3.84. The van der Waals surface area contributed by atoms with Gasteiger partial charge in [-0.15, -0.1) is 0 Å². The first-order chi connectivity index (χ1) is 7.47. The Morgan fingerprint density at radius 3 is 2.69 bits per heavy atom. The zero-order valence-corrected chi connectivity index (χ0v) is 9.69.